The van der Waals surface area contributed by atoms with E-state index in [0.29, 0.717) is 11.1 Å². The lowest BCUT2D eigenvalue weighted by atomic mass is 10.8. The highest BCUT2D eigenvalue weighted by molar-refractivity contribution is 7.99. The first-order valence-electron chi connectivity index (χ1n) is 3.49. The van der Waals surface area contributed by atoms with Gasteiger partial charge in [0.15, 0.2) is 5.16 Å². The summed E-state index contributed by atoms with van der Waals surface area (Å²) in [5, 5.41) is 8.00. The van der Waals surface area contributed by atoms with Crippen molar-refractivity contribution in [3.8, 4) is 0 Å². The van der Waals surface area contributed by atoms with Crippen molar-refractivity contribution < 1.29 is 9.53 Å². The monoisotopic (exact) mass is 202 g/mol. The zero-order valence-electron chi connectivity index (χ0n) is 7.35. The zero-order valence-corrected chi connectivity index (χ0v) is 8.17. The molecular formula is C6H10N4O2S. The van der Waals surface area contributed by atoms with Crippen LogP contribution in [0, 0.1) is 0 Å². The highest BCUT2D eigenvalue weighted by Crippen LogP contribution is 2.15. The average Bonchev–Trinajstić information content (AvgIpc) is 2.44. The van der Waals surface area contributed by atoms with E-state index in [1.165, 1.54) is 18.9 Å². The second-order valence-corrected chi connectivity index (χ2v) is 3.21. The first-order chi connectivity index (χ1) is 6.15. The van der Waals surface area contributed by atoms with Crippen molar-refractivity contribution in [1.29, 1.82) is 0 Å². The molecule has 0 bridgehead atoms. The molecule has 1 aromatic rings. The summed E-state index contributed by atoms with van der Waals surface area (Å²) in [7, 11) is 3.07. The minimum absolute atomic E-state index is 0.211. The van der Waals surface area contributed by atoms with E-state index in [0.717, 1.165) is 0 Å². The van der Waals surface area contributed by atoms with Crippen molar-refractivity contribution in [2.45, 2.75) is 5.16 Å². The van der Waals surface area contributed by atoms with Crippen molar-refractivity contribution in [1.82, 2.24) is 14.8 Å². The van der Waals surface area contributed by atoms with Gasteiger partial charge in [-0.3, -0.25) is 9.36 Å². The van der Waals surface area contributed by atoms with Crippen LogP contribution in [-0.2, 0) is 16.6 Å². The first-order valence-corrected chi connectivity index (χ1v) is 4.48. The quantitative estimate of drug-likeness (QED) is 0.533. The van der Waals surface area contributed by atoms with Gasteiger partial charge in [0.2, 0.25) is 5.95 Å². The molecule has 0 aromatic carbocycles. The number of aromatic nitrogens is 3. The molecule has 7 heteroatoms. The number of hydrogen-bond acceptors (Lipinski definition) is 6. The molecule has 6 nitrogen and oxygen atoms in total. The lowest BCUT2D eigenvalue weighted by Gasteiger charge is -1.99. The molecule has 1 aromatic heterocycles. The standard InChI is InChI=1S/C6H10N4O2S/c1-10-5(7)8-9-6(10)13-3-4(11)12-2/h3H2,1-2H3,(H2,7,8). The number of anilines is 1. The van der Waals surface area contributed by atoms with E-state index < -0.39 is 0 Å². The summed E-state index contributed by atoms with van der Waals surface area (Å²) >= 11 is 1.24. The van der Waals surface area contributed by atoms with Crippen LogP contribution < -0.4 is 5.73 Å². The Morgan fingerprint density at radius 2 is 2.38 bits per heavy atom. The van der Waals surface area contributed by atoms with E-state index in [1.54, 1.807) is 11.6 Å². The number of nitrogen functional groups attached to an aromatic ring is 1. The van der Waals surface area contributed by atoms with Crippen molar-refractivity contribution in [3.63, 3.8) is 0 Å². The molecular weight excluding hydrogens is 192 g/mol. The SMILES string of the molecule is COC(=O)CSc1nnc(N)n1C. The maximum atomic E-state index is 10.8. The van der Waals surface area contributed by atoms with Gasteiger partial charge < -0.3 is 10.5 Å². The summed E-state index contributed by atoms with van der Waals surface area (Å²) in [6.45, 7) is 0. The summed E-state index contributed by atoms with van der Waals surface area (Å²) in [5.41, 5.74) is 5.44. The number of methoxy groups -OCH3 is 1. The van der Waals surface area contributed by atoms with Crippen molar-refractivity contribution >= 4 is 23.7 Å². The first kappa shape index (κ1) is 9.85. The fourth-order valence-corrected chi connectivity index (χ4v) is 1.38. The minimum Gasteiger partial charge on any atom is -0.468 e. The van der Waals surface area contributed by atoms with Gasteiger partial charge >= 0.3 is 5.97 Å². The van der Waals surface area contributed by atoms with Crippen LogP contribution in [0.25, 0.3) is 0 Å². The van der Waals surface area contributed by atoms with Gasteiger partial charge in [-0.1, -0.05) is 11.8 Å². The summed E-state index contributed by atoms with van der Waals surface area (Å²) in [6.07, 6.45) is 0. The average molecular weight is 202 g/mol. The predicted octanol–water partition coefficient (Wildman–Crippen LogP) is -0.338. The number of ether oxygens (including phenoxy) is 1. The molecule has 0 saturated heterocycles. The lowest BCUT2D eigenvalue weighted by Crippen LogP contribution is -2.05. The molecule has 0 atom stereocenters. The molecule has 0 aliphatic heterocycles. The Morgan fingerprint density at radius 3 is 2.85 bits per heavy atom. The topological polar surface area (TPSA) is 83.0 Å². The fourth-order valence-electron chi connectivity index (χ4n) is 0.634. The van der Waals surface area contributed by atoms with Crippen molar-refractivity contribution in [3.05, 3.63) is 0 Å². The van der Waals surface area contributed by atoms with Crippen LogP contribution >= 0.6 is 11.8 Å². The van der Waals surface area contributed by atoms with Crippen LogP contribution in [0.5, 0.6) is 0 Å². The van der Waals surface area contributed by atoms with Crippen LogP contribution in [-0.4, -0.2) is 33.6 Å². The Hall–Kier alpha value is -1.24. The Labute approximate surface area is 79.5 Å². The van der Waals surface area contributed by atoms with Gasteiger partial charge in [-0.15, -0.1) is 10.2 Å². The third kappa shape index (κ3) is 2.35. The largest absolute Gasteiger partial charge is 0.468 e. The molecule has 13 heavy (non-hydrogen) atoms. The number of hydrogen-bond donors (Lipinski definition) is 1. The maximum absolute atomic E-state index is 10.8. The second-order valence-electron chi connectivity index (χ2n) is 2.26. The van der Waals surface area contributed by atoms with E-state index in [1.807, 2.05) is 0 Å². The second kappa shape index (κ2) is 4.13. The van der Waals surface area contributed by atoms with Gasteiger partial charge in [0, 0.05) is 7.05 Å². The highest BCUT2D eigenvalue weighted by atomic mass is 32.2. The number of thioether (sulfide) groups is 1. The molecule has 0 fully saturated rings. The van der Waals surface area contributed by atoms with Gasteiger partial charge in [0.25, 0.3) is 0 Å². The van der Waals surface area contributed by atoms with Crippen LogP contribution in [0.3, 0.4) is 0 Å². The number of rotatable bonds is 3. The minimum atomic E-state index is -0.299. The zero-order chi connectivity index (χ0) is 9.84. The fraction of sp³-hybridized carbons (Fsp3) is 0.500. The van der Waals surface area contributed by atoms with Gasteiger partial charge in [0.1, 0.15) is 0 Å². The number of esters is 1. The molecule has 0 spiro atoms. The molecule has 0 amide bonds. The summed E-state index contributed by atoms with van der Waals surface area (Å²) < 4.78 is 6.07. The number of carbonyl (C=O) groups is 1. The van der Waals surface area contributed by atoms with E-state index in [-0.39, 0.29) is 11.7 Å². The molecule has 0 unspecified atom stereocenters. The molecule has 0 saturated carbocycles. The van der Waals surface area contributed by atoms with E-state index >= 15 is 0 Å². The molecule has 1 rings (SSSR count). The Bertz CT molecular complexity index is 312. The number of nitrogens with zero attached hydrogens (tertiary/aromatic N) is 3. The number of nitrogens with two attached hydrogens (primary N) is 1. The van der Waals surface area contributed by atoms with Crippen molar-refractivity contribution in [2.24, 2.45) is 7.05 Å². The summed E-state index contributed by atoms with van der Waals surface area (Å²) in [6, 6.07) is 0. The Balaban J connectivity index is 2.55. The highest BCUT2D eigenvalue weighted by Gasteiger charge is 2.08. The summed E-state index contributed by atoms with van der Waals surface area (Å²) in [4.78, 5) is 10.8. The van der Waals surface area contributed by atoms with E-state index in [4.69, 9.17) is 5.73 Å². The predicted molar refractivity (Wildman–Crippen MR) is 48.2 cm³/mol. The van der Waals surface area contributed by atoms with Gasteiger partial charge in [-0.2, -0.15) is 0 Å². The third-order valence-corrected chi connectivity index (χ3v) is 2.41. The molecule has 0 aliphatic carbocycles. The number of carbonyl (C=O) groups excluding carboxylic acids is 1. The van der Waals surface area contributed by atoms with Crippen LogP contribution in [0.15, 0.2) is 5.16 Å². The molecule has 1 heterocycles. The van der Waals surface area contributed by atoms with Gasteiger partial charge in [-0.25, -0.2) is 0 Å². The molecule has 2 N–H and O–H groups in total. The van der Waals surface area contributed by atoms with Gasteiger partial charge in [0.05, 0.1) is 12.9 Å². The van der Waals surface area contributed by atoms with E-state index in [9.17, 15) is 4.79 Å². The molecule has 0 aliphatic rings. The van der Waals surface area contributed by atoms with Gasteiger partial charge in [-0.05, 0) is 0 Å². The smallest absolute Gasteiger partial charge is 0.316 e. The third-order valence-electron chi connectivity index (χ3n) is 1.42. The molecule has 72 valence electrons. The van der Waals surface area contributed by atoms with Crippen molar-refractivity contribution in [2.75, 3.05) is 18.6 Å². The Kier molecular flexibility index (Phi) is 3.13. The lowest BCUT2D eigenvalue weighted by molar-refractivity contribution is -0.137. The van der Waals surface area contributed by atoms with Crippen LogP contribution in [0.4, 0.5) is 5.95 Å². The molecule has 0 radical (unpaired) electrons. The normalized spacial score (nSPS) is 10.0. The maximum Gasteiger partial charge on any atom is 0.316 e. The van der Waals surface area contributed by atoms with Crippen LogP contribution in [0.1, 0.15) is 0 Å². The van der Waals surface area contributed by atoms with Crippen LogP contribution in [0.2, 0.25) is 0 Å². The Morgan fingerprint density at radius 1 is 1.69 bits per heavy atom. The summed E-state index contributed by atoms with van der Waals surface area (Å²) in [5.74, 6) is 0.238. The van der Waals surface area contributed by atoms with E-state index in [2.05, 4.69) is 14.9 Å².